The van der Waals surface area contributed by atoms with Crippen LogP contribution in [0.15, 0.2) is 45.2 Å². The lowest BCUT2D eigenvalue weighted by Gasteiger charge is -2.18. The molecule has 0 aliphatic carbocycles. The fraction of sp³-hybridized carbons (Fsp3) is 0.308. The molecule has 106 valence electrons. The zero-order chi connectivity index (χ0) is 15.0. The number of H-pyrrole nitrogens is 1. The van der Waals surface area contributed by atoms with Crippen LogP contribution in [0, 0.1) is 5.53 Å². The van der Waals surface area contributed by atoms with Crippen molar-refractivity contribution in [2.45, 2.75) is 36.0 Å². The maximum absolute atomic E-state index is 12.7. The number of aromatic amines is 1. The second-order valence-electron chi connectivity index (χ2n) is 5.43. The van der Waals surface area contributed by atoms with E-state index in [1.54, 1.807) is 18.2 Å². The number of benzene rings is 1. The standard InChI is InChI=1S/C13H16N4O2S/c1-13(2,3)11-10(12(15-14)17-16-11)20(18,19)9-7-5-4-6-8-9/h4-8,14H,1-3H3,(H,16,17). The fourth-order valence-corrected chi connectivity index (χ4v) is 3.58. The molecule has 0 radical (unpaired) electrons. The van der Waals surface area contributed by atoms with Crippen LogP contribution >= 0.6 is 0 Å². The molecule has 0 aliphatic rings. The van der Waals surface area contributed by atoms with Gasteiger partial charge in [-0.15, -0.1) is 5.11 Å². The first kappa shape index (κ1) is 14.4. The third-order valence-electron chi connectivity index (χ3n) is 2.88. The largest absolute Gasteiger partial charge is 0.278 e. The summed E-state index contributed by atoms with van der Waals surface area (Å²) in [6.45, 7) is 5.62. The van der Waals surface area contributed by atoms with Gasteiger partial charge >= 0.3 is 0 Å². The molecule has 6 nitrogen and oxygen atoms in total. The molecule has 0 fully saturated rings. The van der Waals surface area contributed by atoms with E-state index in [-0.39, 0.29) is 15.6 Å². The highest BCUT2D eigenvalue weighted by Crippen LogP contribution is 2.36. The van der Waals surface area contributed by atoms with Gasteiger partial charge in [0, 0.05) is 5.41 Å². The molecule has 0 atom stereocenters. The van der Waals surface area contributed by atoms with Crippen molar-refractivity contribution >= 4 is 15.7 Å². The summed E-state index contributed by atoms with van der Waals surface area (Å²) in [5, 5.41) is 9.76. The van der Waals surface area contributed by atoms with Crippen LogP contribution < -0.4 is 0 Å². The molecule has 1 aromatic carbocycles. The van der Waals surface area contributed by atoms with Crippen molar-refractivity contribution < 1.29 is 8.42 Å². The summed E-state index contributed by atoms with van der Waals surface area (Å²) in [4.78, 5) is 0.142. The Morgan fingerprint density at radius 2 is 1.80 bits per heavy atom. The van der Waals surface area contributed by atoms with Gasteiger partial charge in [-0.1, -0.05) is 39.0 Å². The third-order valence-corrected chi connectivity index (χ3v) is 4.70. The van der Waals surface area contributed by atoms with Crippen LogP contribution in [0.25, 0.3) is 0 Å². The van der Waals surface area contributed by atoms with Crippen molar-refractivity contribution in [1.29, 1.82) is 5.53 Å². The van der Waals surface area contributed by atoms with E-state index in [4.69, 9.17) is 5.53 Å². The highest BCUT2D eigenvalue weighted by Gasteiger charge is 2.33. The molecule has 0 bridgehead atoms. The molecule has 0 spiro atoms. The lowest BCUT2D eigenvalue weighted by Crippen LogP contribution is -2.16. The number of rotatable bonds is 3. The van der Waals surface area contributed by atoms with Crippen LogP contribution in [0.4, 0.5) is 5.82 Å². The molecule has 0 unspecified atom stereocenters. The van der Waals surface area contributed by atoms with Crippen molar-refractivity contribution in [2.75, 3.05) is 0 Å². The van der Waals surface area contributed by atoms with Gasteiger partial charge in [0.2, 0.25) is 15.7 Å². The first-order valence-electron chi connectivity index (χ1n) is 6.05. The molecule has 0 saturated heterocycles. The van der Waals surface area contributed by atoms with Crippen LogP contribution in [0.3, 0.4) is 0 Å². The van der Waals surface area contributed by atoms with Gasteiger partial charge in [0.1, 0.15) is 4.90 Å². The van der Waals surface area contributed by atoms with E-state index in [0.717, 1.165) is 0 Å². The predicted molar refractivity (Wildman–Crippen MR) is 74.0 cm³/mol. The zero-order valence-electron chi connectivity index (χ0n) is 11.5. The molecule has 1 heterocycles. The Labute approximate surface area is 117 Å². The number of nitrogens with zero attached hydrogens (tertiary/aromatic N) is 2. The van der Waals surface area contributed by atoms with Crippen LogP contribution in [-0.4, -0.2) is 18.6 Å². The van der Waals surface area contributed by atoms with Gasteiger partial charge in [0.05, 0.1) is 10.6 Å². The van der Waals surface area contributed by atoms with E-state index in [1.807, 2.05) is 20.8 Å². The zero-order valence-corrected chi connectivity index (χ0v) is 12.3. The van der Waals surface area contributed by atoms with Crippen LogP contribution in [0.5, 0.6) is 0 Å². The maximum Gasteiger partial charge on any atom is 0.214 e. The lowest BCUT2D eigenvalue weighted by molar-refractivity contribution is 0.546. The Morgan fingerprint density at radius 3 is 2.30 bits per heavy atom. The normalized spacial score (nSPS) is 12.3. The number of hydrogen-bond acceptors (Lipinski definition) is 5. The Morgan fingerprint density at radius 1 is 1.20 bits per heavy atom. The molecule has 2 N–H and O–H groups in total. The summed E-state index contributed by atoms with van der Waals surface area (Å²) >= 11 is 0. The van der Waals surface area contributed by atoms with Crippen molar-refractivity contribution in [3.63, 3.8) is 0 Å². The Hall–Kier alpha value is -2.02. The summed E-state index contributed by atoms with van der Waals surface area (Å²) in [5.41, 5.74) is 7.12. The summed E-state index contributed by atoms with van der Waals surface area (Å²) in [6, 6.07) is 8.09. The van der Waals surface area contributed by atoms with E-state index in [9.17, 15) is 8.42 Å². The van der Waals surface area contributed by atoms with Crippen LogP contribution in [0.2, 0.25) is 0 Å². The summed E-state index contributed by atoms with van der Waals surface area (Å²) < 4.78 is 25.5. The molecule has 20 heavy (non-hydrogen) atoms. The van der Waals surface area contributed by atoms with E-state index < -0.39 is 15.3 Å². The molecule has 0 amide bonds. The van der Waals surface area contributed by atoms with Gasteiger partial charge in [0.25, 0.3) is 0 Å². The second kappa shape index (κ2) is 4.82. The summed E-state index contributed by atoms with van der Waals surface area (Å²) in [6.07, 6.45) is 0. The molecule has 1 aromatic heterocycles. The topological polar surface area (TPSA) is 99.0 Å². The van der Waals surface area contributed by atoms with Gasteiger partial charge in [-0.2, -0.15) is 5.10 Å². The van der Waals surface area contributed by atoms with Crippen LogP contribution in [-0.2, 0) is 15.3 Å². The molecule has 2 rings (SSSR count). The van der Waals surface area contributed by atoms with E-state index in [2.05, 4.69) is 15.3 Å². The monoisotopic (exact) mass is 292 g/mol. The Bertz CT molecular complexity index is 727. The minimum Gasteiger partial charge on any atom is -0.278 e. The first-order valence-corrected chi connectivity index (χ1v) is 7.53. The first-order chi connectivity index (χ1) is 9.28. The molecule has 2 aromatic rings. The second-order valence-corrected chi connectivity index (χ2v) is 7.32. The number of sulfone groups is 1. The van der Waals surface area contributed by atoms with Gasteiger partial charge < -0.3 is 0 Å². The highest BCUT2D eigenvalue weighted by atomic mass is 32.2. The van der Waals surface area contributed by atoms with Crippen molar-refractivity contribution in [1.82, 2.24) is 10.2 Å². The minimum atomic E-state index is -3.76. The van der Waals surface area contributed by atoms with E-state index in [1.165, 1.54) is 12.1 Å². The van der Waals surface area contributed by atoms with Crippen molar-refractivity contribution in [2.24, 2.45) is 5.11 Å². The smallest absolute Gasteiger partial charge is 0.214 e. The van der Waals surface area contributed by atoms with Gasteiger partial charge in [0.15, 0.2) is 0 Å². The summed E-state index contributed by atoms with van der Waals surface area (Å²) in [5.74, 6) is -0.112. The fourth-order valence-electron chi connectivity index (χ4n) is 1.88. The average Bonchev–Trinajstić information content (AvgIpc) is 2.84. The van der Waals surface area contributed by atoms with E-state index >= 15 is 0 Å². The molecular formula is C13H16N4O2S. The van der Waals surface area contributed by atoms with Crippen molar-refractivity contribution in [3.8, 4) is 0 Å². The summed E-state index contributed by atoms with van der Waals surface area (Å²) in [7, 11) is -3.76. The molecule has 0 saturated carbocycles. The maximum atomic E-state index is 12.7. The number of aromatic nitrogens is 2. The van der Waals surface area contributed by atoms with Crippen molar-refractivity contribution in [3.05, 3.63) is 36.0 Å². The van der Waals surface area contributed by atoms with Gasteiger partial charge in [-0.3, -0.25) is 5.10 Å². The highest BCUT2D eigenvalue weighted by molar-refractivity contribution is 7.91. The molecule has 7 heteroatoms. The van der Waals surface area contributed by atoms with E-state index in [0.29, 0.717) is 5.69 Å². The molecule has 0 aliphatic heterocycles. The predicted octanol–water partition coefficient (Wildman–Crippen LogP) is 3.20. The molecular weight excluding hydrogens is 276 g/mol. The minimum absolute atomic E-state index is 0.0220. The Balaban J connectivity index is 2.75. The number of nitrogens with one attached hydrogen (secondary N) is 2. The average molecular weight is 292 g/mol. The van der Waals surface area contributed by atoms with Gasteiger partial charge in [-0.05, 0) is 12.1 Å². The van der Waals surface area contributed by atoms with Crippen LogP contribution in [0.1, 0.15) is 26.5 Å². The number of hydrogen-bond donors (Lipinski definition) is 2. The van der Waals surface area contributed by atoms with Gasteiger partial charge in [-0.25, -0.2) is 13.9 Å². The SMILES string of the molecule is CC(C)(C)c1[nH]nc(N=N)c1S(=O)(=O)c1ccccc1. The lowest BCUT2D eigenvalue weighted by atomic mass is 9.92. The third kappa shape index (κ3) is 2.36. The quantitative estimate of drug-likeness (QED) is 0.849. The Kier molecular flexibility index (Phi) is 3.47.